The number of carbonyl (C=O) groups is 3. The average molecular weight is 554 g/mol. The number of nitrogens with zero attached hydrogens (tertiary/aromatic N) is 1. The summed E-state index contributed by atoms with van der Waals surface area (Å²) in [4.78, 5) is 43.1. The first-order chi connectivity index (χ1) is 18.4. The molecule has 7 nitrogen and oxygen atoms in total. The summed E-state index contributed by atoms with van der Waals surface area (Å²) in [6, 6.07) is 13.6. The van der Waals surface area contributed by atoms with Crippen molar-refractivity contribution in [1.29, 1.82) is 0 Å². The number of amides is 3. The lowest BCUT2D eigenvalue weighted by atomic mass is 9.74. The van der Waals surface area contributed by atoms with Crippen molar-refractivity contribution in [1.82, 2.24) is 10.2 Å². The van der Waals surface area contributed by atoms with Gasteiger partial charge < -0.3 is 20.3 Å². The highest BCUT2D eigenvalue weighted by Crippen LogP contribution is 2.55. The maximum Gasteiger partial charge on any atom is 0.246 e. The van der Waals surface area contributed by atoms with E-state index in [1.807, 2.05) is 42.5 Å². The molecule has 3 amide bonds. The lowest BCUT2D eigenvalue weighted by Crippen LogP contribution is -2.56. The Labute approximate surface area is 231 Å². The van der Waals surface area contributed by atoms with Gasteiger partial charge in [-0.1, -0.05) is 84.9 Å². The topological polar surface area (TPSA) is 87.7 Å². The van der Waals surface area contributed by atoms with Crippen LogP contribution in [-0.4, -0.2) is 46.4 Å². The Morgan fingerprint density at radius 3 is 2.50 bits per heavy atom. The van der Waals surface area contributed by atoms with Gasteiger partial charge in [-0.05, 0) is 36.6 Å². The fourth-order valence-electron chi connectivity index (χ4n) is 6.54. The summed E-state index contributed by atoms with van der Waals surface area (Å²) in [6.07, 6.45) is 8.22. The Morgan fingerprint density at radius 2 is 1.76 bits per heavy atom. The molecule has 1 saturated carbocycles. The number of anilines is 1. The lowest BCUT2D eigenvalue weighted by molar-refractivity contribution is -0.142. The number of ether oxygens (including phenoxy) is 1. The monoisotopic (exact) mass is 553 g/mol. The van der Waals surface area contributed by atoms with Crippen LogP contribution in [0.1, 0.15) is 37.7 Å². The molecule has 38 heavy (non-hydrogen) atoms. The summed E-state index contributed by atoms with van der Waals surface area (Å²) in [5.74, 6) is -2.43. The second kappa shape index (κ2) is 10.0. The molecule has 2 N–H and O–H groups in total. The van der Waals surface area contributed by atoms with Gasteiger partial charge in [0.25, 0.3) is 0 Å². The number of carbonyl (C=O) groups excluding carboxylic acids is 3. The third kappa shape index (κ3) is 4.31. The molecule has 0 unspecified atom stereocenters. The zero-order chi connectivity index (χ0) is 26.4. The van der Waals surface area contributed by atoms with Crippen molar-refractivity contribution < 1.29 is 19.1 Å². The molecule has 2 aromatic carbocycles. The van der Waals surface area contributed by atoms with Gasteiger partial charge in [-0.25, -0.2) is 0 Å². The van der Waals surface area contributed by atoms with Gasteiger partial charge in [0.1, 0.15) is 11.6 Å². The van der Waals surface area contributed by atoms with Crippen LogP contribution in [0.4, 0.5) is 5.69 Å². The summed E-state index contributed by atoms with van der Waals surface area (Å²) in [5, 5.41) is 6.78. The zero-order valence-corrected chi connectivity index (χ0v) is 22.3. The smallest absolute Gasteiger partial charge is 0.246 e. The molecule has 6 rings (SSSR count). The summed E-state index contributed by atoms with van der Waals surface area (Å²) in [7, 11) is 0. The highest BCUT2D eigenvalue weighted by atomic mass is 35.5. The molecule has 1 aliphatic carbocycles. The van der Waals surface area contributed by atoms with E-state index in [-0.39, 0.29) is 30.3 Å². The Balaban J connectivity index is 1.32. The van der Waals surface area contributed by atoms with Crippen LogP contribution in [0.3, 0.4) is 0 Å². The first-order valence-electron chi connectivity index (χ1n) is 13.2. The first kappa shape index (κ1) is 25.4. The molecule has 3 aliphatic heterocycles. The van der Waals surface area contributed by atoms with Gasteiger partial charge in [0, 0.05) is 18.3 Å². The van der Waals surface area contributed by atoms with Gasteiger partial charge in [-0.15, -0.1) is 0 Å². The minimum Gasteiger partial charge on any atom is -0.359 e. The number of benzene rings is 2. The molecule has 9 heteroatoms. The van der Waals surface area contributed by atoms with Crippen LogP contribution in [0.15, 0.2) is 60.7 Å². The largest absolute Gasteiger partial charge is 0.359 e. The van der Waals surface area contributed by atoms with E-state index >= 15 is 0 Å². The Bertz CT molecular complexity index is 1300. The fourth-order valence-corrected chi connectivity index (χ4v) is 6.84. The van der Waals surface area contributed by atoms with Crippen LogP contribution in [0, 0.1) is 11.8 Å². The second-order valence-electron chi connectivity index (χ2n) is 10.6. The maximum absolute atomic E-state index is 14.1. The second-order valence-corrected chi connectivity index (χ2v) is 11.4. The van der Waals surface area contributed by atoms with E-state index in [2.05, 4.69) is 10.6 Å². The lowest BCUT2D eigenvalue weighted by Gasteiger charge is -2.34. The number of hydrogen-bond acceptors (Lipinski definition) is 4. The van der Waals surface area contributed by atoms with Crippen molar-refractivity contribution in [2.45, 2.75) is 62.4 Å². The molecular weight excluding hydrogens is 525 g/mol. The van der Waals surface area contributed by atoms with E-state index < -0.39 is 29.6 Å². The number of nitrogens with one attached hydrogen (secondary N) is 2. The molecule has 2 bridgehead atoms. The Kier molecular flexibility index (Phi) is 6.70. The van der Waals surface area contributed by atoms with Crippen LogP contribution in [0.25, 0.3) is 0 Å². The van der Waals surface area contributed by atoms with Gasteiger partial charge in [0.05, 0.1) is 28.0 Å². The highest BCUT2D eigenvalue weighted by Gasteiger charge is 2.72. The molecule has 3 fully saturated rings. The average Bonchev–Trinajstić information content (AvgIpc) is 3.55. The van der Waals surface area contributed by atoms with Crippen molar-refractivity contribution in [3.8, 4) is 0 Å². The molecule has 0 aromatic heterocycles. The van der Waals surface area contributed by atoms with E-state index in [0.717, 1.165) is 31.2 Å². The van der Waals surface area contributed by atoms with Crippen LogP contribution in [-0.2, 0) is 25.7 Å². The van der Waals surface area contributed by atoms with Crippen LogP contribution < -0.4 is 10.6 Å². The number of halogens is 2. The van der Waals surface area contributed by atoms with Crippen LogP contribution in [0.5, 0.6) is 0 Å². The van der Waals surface area contributed by atoms with Gasteiger partial charge in [0.2, 0.25) is 17.7 Å². The van der Waals surface area contributed by atoms with Gasteiger partial charge in [-0.2, -0.15) is 0 Å². The SMILES string of the molecule is O=C(Nc1ccc(Cl)c(Cl)c1)[C@@H]1[C@@H]2C=C[C@]3(O2)[C@@H]1C(=O)N(Cc1ccccc1)[C@H]3C(=O)NC1CCCCC1. The molecule has 5 atom stereocenters. The van der Waals surface area contributed by atoms with Crippen LogP contribution >= 0.6 is 23.2 Å². The highest BCUT2D eigenvalue weighted by molar-refractivity contribution is 6.42. The predicted octanol–water partition coefficient (Wildman–Crippen LogP) is 4.73. The number of hydrogen-bond donors (Lipinski definition) is 2. The van der Waals surface area contributed by atoms with E-state index in [1.54, 1.807) is 23.1 Å². The first-order valence-corrected chi connectivity index (χ1v) is 13.9. The van der Waals surface area contributed by atoms with Crippen molar-refractivity contribution in [2.24, 2.45) is 11.8 Å². The minimum atomic E-state index is -1.20. The molecule has 3 heterocycles. The normalized spacial score (nSPS) is 29.9. The molecule has 2 aromatic rings. The number of fused-ring (bicyclic) bond motifs is 1. The van der Waals surface area contributed by atoms with E-state index in [9.17, 15) is 14.4 Å². The standard InChI is InChI=1S/C29H29Cl2N3O4/c30-20-12-11-19(15-21(20)31)33-26(35)23-22-13-14-29(38-22)24(23)28(37)34(16-17-7-3-1-4-8-17)25(29)27(36)32-18-9-5-2-6-10-18/h1,3-4,7-8,11-15,18,22-25H,2,5-6,9-10,16H2,(H,32,36)(H,33,35)/t22-,23+,24-,25-,29-/m0/s1. The molecule has 4 aliphatic rings. The van der Waals surface area contributed by atoms with Gasteiger partial charge in [-0.3, -0.25) is 14.4 Å². The third-order valence-corrected chi connectivity index (χ3v) is 9.00. The minimum absolute atomic E-state index is 0.0803. The summed E-state index contributed by atoms with van der Waals surface area (Å²) in [5.41, 5.74) is 0.181. The quantitative estimate of drug-likeness (QED) is 0.506. The van der Waals surface area contributed by atoms with Crippen LogP contribution in [0.2, 0.25) is 10.0 Å². The van der Waals surface area contributed by atoms with Crippen molar-refractivity contribution in [3.05, 3.63) is 76.3 Å². The summed E-state index contributed by atoms with van der Waals surface area (Å²) >= 11 is 12.2. The van der Waals surface area contributed by atoms with Gasteiger partial charge >= 0.3 is 0 Å². The molecule has 1 spiro atoms. The fraction of sp³-hybridized carbons (Fsp3) is 0.414. The Hall–Kier alpha value is -2.87. The molecule has 2 saturated heterocycles. The van der Waals surface area contributed by atoms with E-state index in [4.69, 9.17) is 27.9 Å². The van der Waals surface area contributed by atoms with Gasteiger partial charge in [0.15, 0.2) is 0 Å². The van der Waals surface area contributed by atoms with E-state index in [0.29, 0.717) is 15.7 Å². The third-order valence-electron chi connectivity index (χ3n) is 8.26. The molecule has 0 radical (unpaired) electrons. The summed E-state index contributed by atoms with van der Waals surface area (Å²) in [6.45, 7) is 0.254. The number of rotatable bonds is 6. The van der Waals surface area contributed by atoms with Crippen molar-refractivity contribution in [2.75, 3.05) is 5.32 Å². The number of likely N-dealkylation sites (tertiary alicyclic amines) is 1. The molecule has 198 valence electrons. The predicted molar refractivity (Wildman–Crippen MR) is 145 cm³/mol. The molecular formula is C29H29Cl2N3O4. The zero-order valence-electron chi connectivity index (χ0n) is 20.7. The Morgan fingerprint density at radius 1 is 1.00 bits per heavy atom. The summed E-state index contributed by atoms with van der Waals surface area (Å²) < 4.78 is 6.42. The maximum atomic E-state index is 14.1. The van der Waals surface area contributed by atoms with E-state index in [1.165, 1.54) is 6.42 Å². The van der Waals surface area contributed by atoms with Crippen molar-refractivity contribution >= 4 is 46.6 Å². The van der Waals surface area contributed by atoms with Crippen molar-refractivity contribution in [3.63, 3.8) is 0 Å².